The zero-order chi connectivity index (χ0) is 13.1. The molecule has 0 amide bonds. The predicted molar refractivity (Wildman–Crippen MR) is 82.2 cm³/mol. The number of fused-ring (bicyclic) bond motifs is 1. The average molecular weight is 255 g/mol. The van der Waals surface area contributed by atoms with E-state index < -0.39 is 0 Å². The summed E-state index contributed by atoms with van der Waals surface area (Å²) in [5.41, 5.74) is 4.49. The number of nitrogens with one attached hydrogen (secondary N) is 1. The molecule has 2 aliphatic carbocycles. The maximum Gasteiger partial charge on any atom is 0.0300 e. The van der Waals surface area contributed by atoms with E-state index in [9.17, 15) is 0 Å². The van der Waals surface area contributed by atoms with E-state index in [-0.39, 0.29) is 0 Å². The summed E-state index contributed by atoms with van der Waals surface area (Å²) in [5, 5.41) is 3.85. The first-order valence-corrected chi connectivity index (χ1v) is 7.89. The van der Waals surface area contributed by atoms with E-state index in [1.165, 1.54) is 61.6 Å². The third-order valence-corrected chi connectivity index (χ3v) is 4.65. The molecule has 0 radical (unpaired) electrons. The van der Waals surface area contributed by atoms with Crippen LogP contribution in [0.2, 0.25) is 0 Å². The van der Waals surface area contributed by atoms with E-state index >= 15 is 0 Å². The van der Waals surface area contributed by atoms with Crippen LogP contribution >= 0.6 is 0 Å². The van der Waals surface area contributed by atoms with Crippen molar-refractivity contribution in [3.63, 3.8) is 0 Å². The molecule has 0 heterocycles. The Hall–Kier alpha value is -1.08. The minimum atomic E-state index is 0.473. The summed E-state index contributed by atoms with van der Waals surface area (Å²) in [4.78, 5) is 0. The number of allylic oxidation sites excluding steroid dienone is 1. The Labute approximate surface area is 117 Å². The summed E-state index contributed by atoms with van der Waals surface area (Å²) >= 11 is 0. The summed E-state index contributed by atoms with van der Waals surface area (Å²) in [6, 6.07) is 8.02. The van der Waals surface area contributed by atoms with Gasteiger partial charge in [0.05, 0.1) is 0 Å². The van der Waals surface area contributed by atoms with Gasteiger partial charge in [0.15, 0.2) is 0 Å². The molecule has 0 aromatic heterocycles. The van der Waals surface area contributed by atoms with Gasteiger partial charge in [0.2, 0.25) is 0 Å². The number of hydrogen-bond acceptors (Lipinski definition) is 1. The molecule has 2 aliphatic rings. The Morgan fingerprint density at radius 1 is 1.16 bits per heavy atom. The van der Waals surface area contributed by atoms with Gasteiger partial charge in [-0.2, -0.15) is 0 Å². The smallest absolute Gasteiger partial charge is 0.0300 e. The fourth-order valence-electron chi connectivity index (χ4n) is 3.58. The Bertz CT molecular complexity index is 455. The number of hydrogen-bond donors (Lipinski definition) is 1. The minimum absolute atomic E-state index is 0.473. The lowest BCUT2D eigenvalue weighted by molar-refractivity contribution is 0.346. The van der Waals surface area contributed by atoms with Gasteiger partial charge in [0.1, 0.15) is 0 Å². The quantitative estimate of drug-likeness (QED) is 0.830. The molecule has 1 atom stereocenters. The third-order valence-electron chi connectivity index (χ3n) is 4.65. The molecule has 1 nitrogen and oxygen atoms in total. The van der Waals surface area contributed by atoms with Crippen LogP contribution in [0.4, 0.5) is 0 Å². The van der Waals surface area contributed by atoms with Gasteiger partial charge < -0.3 is 5.32 Å². The summed E-state index contributed by atoms with van der Waals surface area (Å²) in [6.45, 7) is 2.33. The van der Waals surface area contributed by atoms with Gasteiger partial charge in [-0.3, -0.25) is 0 Å². The molecule has 0 bridgehead atoms. The van der Waals surface area contributed by atoms with Gasteiger partial charge in [-0.25, -0.2) is 0 Å². The van der Waals surface area contributed by atoms with Crippen LogP contribution in [0, 0.1) is 0 Å². The highest BCUT2D eigenvalue weighted by Crippen LogP contribution is 2.28. The summed E-state index contributed by atoms with van der Waals surface area (Å²) in [6.07, 6.45) is 14.0. The van der Waals surface area contributed by atoms with Gasteiger partial charge in [-0.1, -0.05) is 49.6 Å². The Morgan fingerprint density at radius 2 is 2.00 bits per heavy atom. The Morgan fingerprint density at radius 3 is 2.84 bits per heavy atom. The molecule has 1 aromatic carbocycles. The fraction of sp³-hybridized carbons (Fsp3) is 0.556. The summed E-state index contributed by atoms with van der Waals surface area (Å²) in [7, 11) is 0. The molecule has 1 aromatic rings. The molecule has 3 rings (SSSR count). The third kappa shape index (κ3) is 2.92. The minimum Gasteiger partial charge on any atom is -0.307 e. The largest absolute Gasteiger partial charge is 0.307 e. The van der Waals surface area contributed by atoms with Crippen LogP contribution in [0.3, 0.4) is 0 Å². The number of aryl methyl sites for hydroxylation is 1. The van der Waals surface area contributed by atoms with E-state index in [0.29, 0.717) is 6.04 Å². The predicted octanol–water partition coefficient (Wildman–Crippen LogP) is 4.63. The molecular weight excluding hydrogens is 230 g/mol. The molecule has 0 saturated heterocycles. The van der Waals surface area contributed by atoms with Crippen molar-refractivity contribution in [3.8, 4) is 0 Å². The van der Waals surface area contributed by atoms with Gasteiger partial charge in [-0.15, -0.1) is 0 Å². The average Bonchev–Trinajstić information content (AvgIpc) is 2.47. The van der Waals surface area contributed by atoms with E-state index in [0.717, 1.165) is 6.04 Å². The molecule has 102 valence electrons. The van der Waals surface area contributed by atoms with Crippen LogP contribution < -0.4 is 5.32 Å². The van der Waals surface area contributed by atoms with Crippen molar-refractivity contribution in [3.05, 3.63) is 41.0 Å². The van der Waals surface area contributed by atoms with Gasteiger partial charge in [-0.05, 0) is 49.3 Å². The highest BCUT2D eigenvalue weighted by atomic mass is 14.9. The lowest BCUT2D eigenvalue weighted by Crippen LogP contribution is -2.33. The molecule has 1 heteroatoms. The highest BCUT2D eigenvalue weighted by Gasteiger charge is 2.19. The van der Waals surface area contributed by atoms with E-state index in [1.54, 1.807) is 0 Å². The maximum absolute atomic E-state index is 3.85. The van der Waals surface area contributed by atoms with Crippen molar-refractivity contribution in [1.82, 2.24) is 5.32 Å². The first-order valence-electron chi connectivity index (χ1n) is 7.89. The van der Waals surface area contributed by atoms with Crippen molar-refractivity contribution in [2.75, 3.05) is 0 Å². The zero-order valence-corrected chi connectivity index (χ0v) is 12.0. The van der Waals surface area contributed by atoms with Crippen LogP contribution in [0.5, 0.6) is 0 Å². The Balaban J connectivity index is 1.76. The van der Waals surface area contributed by atoms with Crippen molar-refractivity contribution in [1.29, 1.82) is 0 Å². The summed E-state index contributed by atoms with van der Waals surface area (Å²) < 4.78 is 0. The number of benzene rings is 1. The van der Waals surface area contributed by atoms with Crippen LogP contribution in [0.15, 0.2) is 24.3 Å². The van der Waals surface area contributed by atoms with Gasteiger partial charge >= 0.3 is 0 Å². The molecule has 0 aliphatic heterocycles. The van der Waals surface area contributed by atoms with E-state index in [4.69, 9.17) is 0 Å². The van der Waals surface area contributed by atoms with Crippen molar-refractivity contribution < 1.29 is 0 Å². The standard InChI is InChI=1S/C18H25N/c1-14(19-16-10-3-2-4-11-16)17-13-7-9-15-8-5-6-12-18(15)17/h6-7,9,12-14,16,19H,2-5,8,10-11H2,1H3. The molecule has 1 unspecified atom stereocenters. The van der Waals surface area contributed by atoms with Crippen LogP contribution in [0.25, 0.3) is 6.08 Å². The van der Waals surface area contributed by atoms with Gasteiger partial charge in [0, 0.05) is 12.1 Å². The second kappa shape index (κ2) is 5.92. The lowest BCUT2D eigenvalue weighted by Gasteiger charge is -2.28. The molecular formula is C18H25N. The first kappa shape index (κ1) is 12.9. The summed E-state index contributed by atoms with van der Waals surface area (Å²) in [5.74, 6) is 0. The monoisotopic (exact) mass is 255 g/mol. The molecule has 0 spiro atoms. The normalized spacial score (nSPS) is 21.1. The SMILES string of the molecule is CC(NC1CCCCC1)c1cccc2c1C=CCC2. The zero-order valence-electron chi connectivity index (χ0n) is 12.0. The van der Waals surface area contributed by atoms with Crippen LogP contribution in [-0.2, 0) is 6.42 Å². The second-order valence-corrected chi connectivity index (χ2v) is 6.08. The maximum atomic E-state index is 3.85. The topological polar surface area (TPSA) is 12.0 Å². The fourth-order valence-corrected chi connectivity index (χ4v) is 3.58. The Kier molecular flexibility index (Phi) is 4.03. The molecule has 1 saturated carbocycles. The van der Waals surface area contributed by atoms with Crippen molar-refractivity contribution >= 4 is 6.08 Å². The molecule has 19 heavy (non-hydrogen) atoms. The van der Waals surface area contributed by atoms with Crippen LogP contribution in [-0.4, -0.2) is 6.04 Å². The molecule has 1 N–H and O–H groups in total. The van der Waals surface area contributed by atoms with Gasteiger partial charge in [0.25, 0.3) is 0 Å². The van der Waals surface area contributed by atoms with E-state index in [2.05, 4.69) is 42.6 Å². The lowest BCUT2D eigenvalue weighted by atomic mass is 9.89. The molecule has 1 fully saturated rings. The van der Waals surface area contributed by atoms with E-state index in [1.807, 2.05) is 0 Å². The van der Waals surface area contributed by atoms with Crippen LogP contribution in [0.1, 0.15) is 68.2 Å². The first-order chi connectivity index (χ1) is 9.34. The van der Waals surface area contributed by atoms with Crippen molar-refractivity contribution in [2.24, 2.45) is 0 Å². The number of rotatable bonds is 3. The second-order valence-electron chi connectivity index (χ2n) is 6.08. The van der Waals surface area contributed by atoms with Crippen molar-refractivity contribution in [2.45, 2.75) is 64.0 Å². The highest BCUT2D eigenvalue weighted by molar-refractivity contribution is 5.60.